The van der Waals surface area contributed by atoms with Crippen LogP contribution in [-0.4, -0.2) is 17.4 Å². The van der Waals surface area contributed by atoms with E-state index in [0.717, 1.165) is 40.7 Å². The van der Waals surface area contributed by atoms with Crippen molar-refractivity contribution < 1.29 is 0 Å². The van der Waals surface area contributed by atoms with Crippen molar-refractivity contribution in [2.45, 2.75) is 19.5 Å². The van der Waals surface area contributed by atoms with Gasteiger partial charge in [-0.15, -0.1) is 12.4 Å². The Hall–Kier alpha value is -1.50. The number of rotatable bonds is 4. The van der Waals surface area contributed by atoms with Crippen molar-refractivity contribution in [3.63, 3.8) is 0 Å². The van der Waals surface area contributed by atoms with Gasteiger partial charge in [0.15, 0.2) is 0 Å². The highest BCUT2D eigenvalue weighted by Gasteiger charge is 2.12. The van der Waals surface area contributed by atoms with Crippen molar-refractivity contribution in [1.82, 2.24) is 10.4 Å². The Kier molecular flexibility index (Phi) is 9.63. The fourth-order valence-electron chi connectivity index (χ4n) is 2.21. The van der Waals surface area contributed by atoms with E-state index >= 15 is 0 Å². The molecule has 0 fully saturated rings. The molecule has 2 aromatic carbocycles. The van der Waals surface area contributed by atoms with Crippen LogP contribution >= 0.6 is 35.6 Å². The topological polar surface area (TPSA) is 79.7 Å². The molecule has 0 bridgehead atoms. The number of amidine groups is 1. The van der Waals surface area contributed by atoms with Crippen LogP contribution < -0.4 is 17.0 Å². The minimum atomic E-state index is 0. The SMILES string of the molecule is Cl.NC1=NN(Cc2ccccc2Cl)CC1.NNCc1ccccc1Cl. The van der Waals surface area contributed by atoms with E-state index in [1.54, 1.807) is 0 Å². The van der Waals surface area contributed by atoms with Gasteiger partial charge in [0.1, 0.15) is 5.84 Å². The van der Waals surface area contributed by atoms with E-state index in [0.29, 0.717) is 12.4 Å². The van der Waals surface area contributed by atoms with Crippen LogP contribution in [0.4, 0.5) is 0 Å². The van der Waals surface area contributed by atoms with Gasteiger partial charge in [-0.3, -0.25) is 16.3 Å². The average molecular weight is 403 g/mol. The highest BCUT2D eigenvalue weighted by molar-refractivity contribution is 6.31. The Balaban J connectivity index is 0.000000254. The summed E-state index contributed by atoms with van der Waals surface area (Å²) in [5, 5.41) is 7.67. The number of hydrogen-bond acceptors (Lipinski definition) is 5. The number of halogens is 3. The van der Waals surface area contributed by atoms with Gasteiger partial charge in [-0.25, -0.2) is 0 Å². The lowest BCUT2D eigenvalue weighted by Crippen LogP contribution is -2.20. The normalized spacial score (nSPS) is 12.8. The Morgan fingerprint density at radius 2 is 1.56 bits per heavy atom. The molecule has 0 unspecified atom stereocenters. The molecule has 0 atom stereocenters. The molecule has 0 aliphatic carbocycles. The summed E-state index contributed by atoms with van der Waals surface area (Å²) in [5.74, 6) is 5.83. The molecule has 5 N–H and O–H groups in total. The lowest BCUT2D eigenvalue weighted by atomic mass is 10.2. The largest absolute Gasteiger partial charge is 0.386 e. The third kappa shape index (κ3) is 7.10. The van der Waals surface area contributed by atoms with Gasteiger partial charge in [-0.1, -0.05) is 59.6 Å². The zero-order valence-electron chi connectivity index (χ0n) is 13.7. The number of hydrazine groups is 1. The van der Waals surface area contributed by atoms with Gasteiger partial charge in [0, 0.05) is 29.6 Å². The molecule has 0 spiro atoms. The summed E-state index contributed by atoms with van der Waals surface area (Å²) in [6.45, 7) is 2.23. The van der Waals surface area contributed by atoms with Crippen LogP contribution in [0, 0.1) is 0 Å². The molecule has 3 rings (SSSR count). The van der Waals surface area contributed by atoms with Crippen molar-refractivity contribution in [2.24, 2.45) is 16.7 Å². The molecule has 25 heavy (non-hydrogen) atoms. The van der Waals surface area contributed by atoms with Gasteiger partial charge in [0.05, 0.1) is 6.54 Å². The third-order valence-electron chi connectivity index (χ3n) is 3.46. The summed E-state index contributed by atoms with van der Waals surface area (Å²) in [6, 6.07) is 15.4. The number of nitrogens with two attached hydrogens (primary N) is 2. The second kappa shape index (κ2) is 11.2. The maximum atomic E-state index is 6.03. The van der Waals surface area contributed by atoms with E-state index in [1.807, 2.05) is 53.5 Å². The summed E-state index contributed by atoms with van der Waals surface area (Å²) in [4.78, 5) is 0. The first-order valence-electron chi connectivity index (χ1n) is 7.58. The fourth-order valence-corrected chi connectivity index (χ4v) is 2.61. The highest BCUT2D eigenvalue weighted by Crippen LogP contribution is 2.18. The molecule has 0 aromatic heterocycles. The van der Waals surface area contributed by atoms with Gasteiger partial charge < -0.3 is 5.73 Å². The lowest BCUT2D eigenvalue weighted by molar-refractivity contribution is 0.310. The van der Waals surface area contributed by atoms with E-state index in [9.17, 15) is 0 Å². The Morgan fingerprint density at radius 3 is 2.04 bits per heavy atom. The van der Waals surface area contributed by atoms with Crippen LogP contribution in [-0.2, 0) is 13.1 Å². The Labute approximate surface area is 164 Å². The summed E-state index contributed by atoms with van der Waals surface area (Å²) >= 11 is 11.8. The first-order valence-corrected chi connectivity index (χ1v) is 8.34. The van der Waals surface area contributed by atoms with Crippen LogP contribution in [0.3, 0.4) is 0 Å². The van der Waals surface area contributed by atoms with Crippen molar-refractivity contribution in [1.29, 1.82) is 0 Å². The van der Waals surface area contributed by atoms with Crippen LogP contribution in [0.25, 0.3) is 0 Å². The first kappa shape index (κ1) is 21.5. The zero-order valence-corrected chi connectivity index (χ0v) is 16.0. The number of hydrogen-bond donors (Lipinski definition) is 3. The number of nitrogens with zero attached hydrogens (tertiary/aromatic N) is 2. The predicted molar refractivity (Wildman–Crippen MR) is 108 cm³/mol. The van der Waals surface area contributed by atoms with Gasteiger partial charge in [0.2, 0.25) is 0 Å². The molecular formula is C17H22Cl3N5. The molecule has 0 radical (unpaired) electrons. The van der Waals surface area contributed by atoms with Crippen molar-refractivity contribution in [3.05, 3.63) is 69.7 Å². The molecule has 8 heteroatoms. The summed E-state index contributed by atoms with van der Waals surface area (Å²) in [5.41, 5.74) is 10.2. The average Bonchev–Trinajstić information content (AvgIpc) is 2.98. The van der Waals surface area contributed by atoms with E-state index in [-0.39, 0.29) is 12.4 Å². The van der Waals surface area contributed by atoms with E-state index in [2.05, 4.69) is 10.5 Å². The molecule has 0 saturated heterocycles. The van der Waals surface area contributed by atoms with Gasteiger partial charge >= 0.3 is 0 Å². The third-order valence-corrected chi connectivity index (χ3v) is 4.19. The maximum absolute atomic E-state index is 6.03. The van der Waals surface area contributed by atoms with Crippen molar-refractivity contribution in [2.75, 3.05) is 6.54 Å². The highest BCUT2D eigenvalue weighted by atomic mass is 35.5. The first-order chi connectivity index (χ1) is 11.6. The number of hydrazone groups is 1. The molecule has 2 aromatic rings. The van der Waals surface area contributed by atoms with E-state index in [4.69, 9.17) is 34.8 Å². The number of nitrogens with one attached hydrogen (secondary N) is 1. The monoisotopic (exact) mass is 401 g/mol. The van der Waals surface area contributed by atoms with E-state index in [1.165, 1.54) is 0 Å². The predicted octanol–water partition coefficient (Wildman–Crippen LogP) is 3.54. The smallest absolute Gasteiger partial charge is 0.121 e. The fraction of sp³-hybridized carbons (Fsp3) is 0.235. The summed E-state index contributed by atoms with van der Waals surface area (Å²) in [6.07, 6.45) is 0.852. The van der Waals surface area contributed by atoms with Crippen LogP contribution in [0.2, 0.25) is 10.0 Å². The summed E-state index contributed by atoms with van der Waals surface area (Å²) < 4.78 is 0. The van der Waals surface area contributed by atoms with Crippen LogP contribution in [0.1, 0.15) is 17.5 Å². The Morgan fingerprint density at radius 1 is 1.00 bits per heavy atom. The quantitative estimate of drug-likeness (QED) is 0.540. The van der Waals surface area contributed by atoms with Gasteiger partial charge in [0.25, 0.3) is 0 Å². The molecule has 0 saturated carbocycles. The van der Waals surface area contributed by atoms with Gasteiger partial charge in [-0.05, 0) is 23.3 Å². The minimum absolute atomic E-state index is 0. The number of benzene rings is 2. The maximum Gasteiger partial charge on any atom is 0.121 e. The standard InChI is InChI=1S/C10H12ClN3.C7H9ClN2.ClH/c11-9-4-2-1-3-8(9)7-14-6-5-10(12)13-14;8-7-4-2-1-3-6(7)5-10-9;/h1-4H,5-7H2,(H2,12,13);1-4,10H,5,9H2;1H. The molecule has 1 aliphatic rings. The minimum Gasteiger partial charge on any atom is -0.386 e. The zero-order chi connectivity index (χ0) is 17.4. The van der Waals surface area contributed by atoms with Crippen LogP contribution in [0.15, 0.2) is 53.6 Å². The van der Waals surface area contributed by atoms with E-state index < -0.39 is 0 Å². The molecule has 0 amide bonds. The summed E-state index contributed by atoms with van der Waals surface area (Å²) in [7, 11) is 0. The molecule has 136 valence electrons. The van der Waals surface area contributed by atoms with Crippen molar-refractivity contribution >= 4 is 41.4 Å². The molecule has 1 heterocycles. The second-order valence-electron chi connectivity index (χ2n) is 5.29. The van der Waals surface area contributed by atoms with Gasteiger partial charge in [-0.2, -0.15) is 5.10 Å². The molecule has 1 aliphatic heterocycles. The van der Waals surface area contributed by atoms with Crippen LogP contribution in [0.5, 0.6) is 0 Å². The Bertz CT molecular complexity index is 693. The second-order valence-corrected chi connectivity index (χ2v) is 6.11. The molecular weight excluding hydrogens is 381 g/mol. The lowest BCUT2D eigenvalue weighted by Gasteiger charge is -2.13. The van der Waals surface area contributed by atoms with Crippen molar-refractivity contribution in [3.8, 4) is 0 Å². The molecule has 5 nitrogen and oxygen atoms in total.